The molecule has 0 amide bonds. The molecule has 3 heterocycles. The summed E-state index contributed by atoms with van der Waals surface area (Å²) < 4.78 is 21.7. The van der Waals surface area contributed by atoms with Crippen LogP contribution in [0.3, 0.4) is 0 Å². The number of pyridine rings is 1. The van der Waals surface area contributed by atoms with E-state index >= 15 is 0 Å². The topological polar surface area (TPSA) is 43.9 Å². The summed E-state index contributed by atoms with van der Waals surface area (Å²) in [6.07, 6.45) is 3.24. The van der Waals surface area contributed by atoms with E-state index in [2.05, 4.69) is 86.5 Å². The fourth-order valence-corrected chi connectivity index (χ4v) is 7.54. The van der Waals surface area contributed by atoms with Crippen molar-refractivity contribution in [2.45, 2.75) is 53.4 Å². The molecule has 0 fully saturated rings. The first-order valence-electron chi connectivity index (χ1n) is 15.6. The second-order valence-corrected chi connectivity index (χ2v) is 17.9. The molecule has 4 nitrogen and oxygen atoms in total. The molecule has 7 rings (SSSR count). The minimum Gasteiger partial charge on any atom is -0.500 e. The molecule has 0 saturated carbocycles. The number of para-hydroxylation sites is 2. The Kier molecular flexibility index (Phi) is 10.1. The molecule has 0 spiro atoms. The average Bonchev–Trinajstić information content (AvgIpc) is 3.58. The summed E-state index contributed by atoms with van der Waals surface area (Å²) in [5, 5.41) is 3.33. The molecule has 7 aromatic rings. The predicted octanol–water partition coefficient (Wildman–Crippen LogP) is 9.85. The van der Waals surface area contributed by atoms with E-state index in [1.54, 1.807) is 6.07 Å². The Hall–Kier alpha value is -3.90. The van der Waals surface area contributed by atoms with Crippen LogP contribution < -0.4 is 5.19 Å². The van der Waals surface area contributed by atoms with Crippen molar-refractivity contribution in [1.29, 1.82) is 0 Å². The molecule has 0 N–H and O–H groups in total. The van der Waals surface area contributed by atoms with Crippen molar-refractivity contribution in [3.8, 4) is 22.6 Å². The van der Waals surface area contributed by atoms with Crippen LogP contribution in [-0.4, -0.2) is 22.6 Å². The predicted molar refractivity (Wildman–Crippen MR) is 187 cm³/mol. The summed E-state index contributed by atoms with van der Waals surface area (Å²) in [6, 6.07) is 33.4. The summed E-state index contributed by atoms with van der Waals surface area (Å²) in [6.45, 7) is 14.6. The molecule has 237 valence electrons. The number of hydrogen-bond donors (Lipinski definition) is 0. The van der Waals surface area contributed by atoms with Crippen molar-refractivity contribution in [2.75, 3.05) is 0 Å². The first kappa shape index (κ1) is 33.5. The van der Waals surface area contributed by atoms with Crippen LogP contribution in [0.1, 0.15) is 26.3 Å². The van der Waals surface area contributed by atoms with Gasteiger partial charge in [0.05, 0.1) is 30.5 Å². The van der Waals surface area contributed by atoms with E-state index in [1.807, 2.05) is 48.5 Å². The Labute approximate surface area is 285 Å². The minimum absolute atomic E-state index is 0. The first-order valence-corrected chi connectivity index (χ1v) is 19.1. The van der Waals surface area contributed by atoms with Crippen molar-refractivity contribution in [3.05, 3.63) is 115 Å². The number of nitrogens with zero attached hydrogens (tertiary/aromatic N) is 3. The van der Waals surface area contributed by atoms with E-state index in [4.69, 9.17) is 9.40 Å². The fraction of sp³-hybridized carbons (Fsp3) is 0.231. The summed E-state index contributed by atoms with van der Waals surface area (Å²) in [7, 11) is -1.34. The third kappa shape index (κ3) is 6.78. The number of halogens is 1. The van der Waals surface area contributed by atoms with Gasteiger partial charge in [-0.15, -0.1) is 54.1 Å². The molecule has 3 aromatic heterocycles. The Balaban J connectivity index is 0.000000182. The van der Waals surface area contributed by atoms with Crippen LogP contribution in [0.25, 0.3) is 55.6 Å². The monoisotopic (exact) mass is 804 g/mol. The number of benzene rings is 4. The molecule has 0 aliphatic heterocycles. The maximum atomic E-state index is 13.6. The van der Waals surface area contributed by atoms with Crippen molar-refractivity contribution in [1.82, 2.24) is 14.5 Å². The molecule has 7 heteroatoms. The fourth-order valence-electron chi connectivity index (χ4n) is 5.95. The van der Waals surface area contributed by atoms with Crippen LogP contribution in [0.4, 0.5) is 4.39 Å². The van der Waals surface area contributed by atoms with Gasteiger partial charge in [0.25, 0.3) is 0 Å². The second-order valence-electron chi connectivity index (χ2n) is 12.9. The first-order chi connectivity index (χ1) is 21.6. The number of fused-ring (bicyclic) bond motifs is 4. The average molecular weight is 804 g/mol. The quantitative estimate of drug-likeness (QED) is 0.124. The zero-order chi connectivity index (χ0) is 31.7. The van der Waals surface area contributed by atoms with E-state index < -0.39 is 8.07 Å². The number of furan rings is 1. The molecule has 46 heavy (non-hydrogen) atoms. The van der Waals surface area contributed by atoms with Gasteiger partial charge < -0.3 is 14.0 Å². The maximum absolute atomic E-state index is 13.6. The van der Waals surface area contributed by atoms with Gasteiger partial charge >= 0.3 is 0 Å². The van der Waals surface area contributed by atoms with E-state index in [1.165, 1.54) is 22.9 Å². The van der Waals surface area contributed by atoms with E-state index in [0.29, 0.717) is 17.1 Å². The second kappa shape index (κ2) is 13.8. The zero-order valence-electron chi connectivity index (χ0n) is 27.1. The normalized spacial score (nSPS) is 11.6. The van der Waals surface area contributed by atoms with Crippen LogP contribution in [0.15, 0.2) is 95.5 Å². The molecule has 0 atom stereocenters. The van der Waals surface area contributed by atoms with Crippen molar-refractivity contribution >= 4 is 46.2 Å². The van der Waals surface area contributed by atoms with Gasteiger partial charge in [-0.2, -0.15) is 0 Å². The van der Waals surface area contributed by atoms with Crippen LogP contribution >= 0.6 is 0 Å². The molecular formula is C39H38FIrN3OSi-2. The summed E-state index contributed by atoms with van der Waals surface area (Å²) in [5.74, 6) is 1.17. The van der Waals surface area contributed by atoms with Gasteiger partial charge in [-0.3, -0.25) is 4.98 Å². The number of rotatable bonds is 6. The molecular weight excluding hydrogens is 766 g/mol. The molecule has 0 bridgehead atoms. The molecule has 0 saturated heterocycles. The molecule has 0 unspecified atom stereocenters. The number of aromatic nitrogens is 3. The maximum Gasteiger partial charge on any atom is 0.126 e. The summed E-state index contributed by atoms with van der Waals surface area (Å²) in [5.41, 5.74) is 7.64. The molecule has 4 aromatic carbocycles. The van der Waals surface area contributed by atoms with Crippen molar-refractivity contribution < 1.29 is 28.9 Å². The number of imidazole rings is 1. The molecule has 0 aliphatic carbocycles. The van der Waals surface area contributed by atoms with Gasteiger partial charge in [0.2, 0.25) is 0 Å². The molecule has 0 aliphatic rings. The zero-order valence-corrected chi connectivity index (χ0v) is 30.5. The smallest absolute Gasteiger partial charge is 0.126 e. The summed E-state index contributed by atoms with van der Waals surface area (Å²) in [4.78, 5) is 9.48. The molecule has 1 radical (unpaired) electrons. The SMILES string of the molecule is CC(C)Cc1cc(-c2[c-]cccc2)ncc1[Si](C)(C)C.CCn1c(-c2[c-]ccc3c2oc2cc(F)ccc23)nc2ccccc21.[Ir]. The Bertz CT molecular complexity index is 2110. The van der Waals surface area contributed by atoms with Crippen molar-refractivity contribution in [3.63, 3.8) is 0 Å². The minimum atomic E-state index is -1.34. The summed E-state index contributed by atoms with van der Waals surface area (Å²) >= 11 is 0. The van der Waals surface area contributed by atoms with Gasteiger partial charge in [-0.05, 0) is 54.4 Å². The van der Waals surface area contributed by atoms with Gasteiger partial charge in [0.1, 0.15) is 11.4 Å². The van der Waals surface area contributed by atoms with Crippen LogP contribution in [0, 0.1) is 23.9 Å². The van der Waals surface area contributed by atoms with E-state index in [0.717, 1.165) is 57.4 Å². The van der Waals surface area contributed by atoms with Crippen LogP contribution in [0.2, 0.25) is 19.6 Å². The Morgan fingerprint density at radius 1 is 0.913 bits per heavy atom. The van der Waals surface area contributed by atoms with Crippen LogP contribution in [0.5, 0.6) is 0 Å². The van der Waals surface area contributed by atoms with Gasteiger partial charge in [-0.1, -0.05) is 68.2 Å². The van der Waals surface area contributed by atoms with E-state index in [9.17, 15) is 4.39 Å². The van der Waals surface area contributed by atoms with Gasteiger partial charge in [-0.25, -0.2) is 4.39 Å². The third-order valence-corrected chi connectivity index (χ3v) is 10.1. The van der Waals surface area contributed by atoms with Gasteiger partial charge in [0, 0.05) is 44.3 Å². The van der Waals surface area contributed by atoms with Crippen LogP contribution in [-0.2, 0) is 33.1 Å². The third-order valence-electron chi connectivity index (χ3n) is 8.00. The number of hydrogen-bond acceptors (Lipinski definition) is 3. The van der Waals surface area contributed by atoms with E-state index in [-0.39, 0.29) is 25.9 Å². The number of aryl methyl sites for hydroxylation is 1. The largest absolute Gasteiger partial charge is 0.500 e. The standard InChI is InChI=1S/C21H14FN2O.C18H24NSi.Ir/c1-2-24-18-9-4-3-8-17(18)23-21(24)16-7-5-6-15-14-11-10-13(22)12-19(14)25-20(15)16;1-14(2)11-16-12-17(15-9-7-6-8-10-15)19-13-18(16)20(3,4)5;/h3-6,8-12H,2H2,1H3;6-9,12-14H,11H2,1-5H3;/q2*-1;. The van der Waals surface area contributed by atoms with Crippen molar-refractivity contribution in [2.24, 2.45) is 5.92 Å². The Morgan fingerprint density at radius 2 is 1.70 bits per heavy atom. The van der Waals surface area contributed by atoms with Gasteiger partial charge in [0.15, 0.2) is 0 Å². The Morgan fingerprint density at radius 3 is 2.41 bits per heavy atom.